The van der Waals surface area contributed by atoms with Crippen molar-refractivity contribution in [1.82, 2.24) is 19.9 Å². The summed E-state index contributed by atoms with van der Waals surface area (Å²) in [6, 6.07) is 12.5. The molecule has 180 valence electrons. The van der Waals surface area contributed by atoms with Crippen LogP contribution in [0.1, 0.15) is 40.4 Å². The van der Waals surface area contributed by atoms with E-state index in [1.807, 2.05) is 12.1 Å². The Morgan fingerprint density at radius 1 is 1.00 bits per heavy atom. The van der Waals surface area contributed by atoms with Gasteiger partial charge in [-0.1, -0.05) is 38.1 Å². The molecule has 35 heavy (non-hydrogen) atoms. The van der Waals surface area contributed by atoms with Crippen LogP contribution >= 0.6 is 0 Å². The van der Waals surface area contributed by atoms with Crippen LogP contribution in [-0.4, -0.2) is 50.8 Å². The maximum absolute atomic E-state index is 13.0. The number of amides is 2. The van der Waals surface area contributed by atoms with Crippen LogP contribution in [0.25, 0.3) is 0 Å². The molecule has 0 saturated heterocycles. The summed E-state index contributed by atoms with van der Waals surface area (Å²) in [5.41, 5.74) is 6.93. The zero-order valence-corrected chi connectivity index (χ0v) is 19.4. The van der Waals surface area contributed by atoms with Crippen molar-refractivity contribution in [1.29, 1.82) is 0 Å². The van der Waals surface area contributed by atoms with E-state index in [0.717, 1.165) is 4.90 Å². The van der Waals surface area contributed by atoms with Crippen molar-refractivity contribution in [3.05, 3.63) is 65.5 Å². The number of carbonyl (C=O) groups is 3. The van der Waals surface area contributed by atoms with Crippen LogP contribution in [-0.2, 0) is 16.1 Å². The van der Waals surface area contributed by atoms with Crippen LogP contribution in [0, 0.1) is 5.92 Å². The average molecular weight is 476 g/mol. The molecule has 2 amide bonds. The number of imide groups is 1. The van der Waals surface area contributed by atoms with Crippen LogP contribution in [0.4, 0.5) is 17.6 Å². The number of rotatable bonds is 8. The topological polar surface area (TPSA) is 150 Å². The molecule has 0 aliphatic carbocycles. The van der Waals surface area contributed by atoms with Gasteiger partial charge in [0.2, 0.25) is 11.9 Å². The molecule has 1 atom stereocenters. The second-order valence-electron chi connectivity index (χ2n) is 8.08. The van der Waals surface area contributed by atoms with Crippen LogP contribution in [0.3, 0.4) is 0 Å². The molecular weight excluding hydrogens is 452 g/mol. The first-order chi connectivity index (χ1) is 16.8. The number of aromatic nitrogens is 3. The normalized spacial score (nSPS) is 13.5. The number of nitrogens with one attached hydrogen (secondary N) is 1. The highest BCUT2D eigenvalue weighted by Crippen LogP contribution is 2.28. The third kappa shape index (κ3) is 4.74. The van der Waals surface area contributed by atoms with Gasteiger partial charge in [-0.25, -0.2) is 4.79 Å². The molecule has 0 radical (unpaired) electrons. The van der Waals surface area contributed by atoms with Gasteiger partial charge in [-0.05, 0) is 30.2 Å². The van der Waals surface area contributed by atoms with Crippen LogP contribution in [0.5, 0.6) is 5.75 Å². The largest absolute Gasteiger partial charge is 0.495 e. The molecule has 1 aromatic heterocycles. The molecule has 3 aromatic rings. The monoisotopic (exact) mass is 476 g/mol. The summed E-state index contributed by atoms with van der Waals surface area (Å²) in [6.45, 7) is 3.12. The van der Waals surface area contributed by atoms with Crippen molar-refractivity contribution in [2.45, 2.75) is 26.5 Å². The number of nitrogen functional groups attached to an aromatic ring is 1. The van der Waals surface area contributed by atoms with Gasteiger partial charge in [0.15, 0.2) is 12.4 Å². The van der Waals surface area contributed by atoms with E-state index in [2.05, 4.69) is 20.3 Å². The predicted octanol–water partition coefficient (Wildman–Crippen LogP) is 2.57. The summed E-state index contributed by atoms with van der Waals surface area (Å²) in [4.78, 5) is 52.0. The van der Waals surface area contributed by atoms with Gasteiger partial charge < -0.3 is 20.5 Å². The number of fused-ring (bicyclic) bond motifs is 1. The number of ether oxygens (including phenoxy) is 2. The summed E-state index contributed by atoms with van der Waals surface area (Å²) in [5, 5.41) is 2.99. The number of para-hydroxylation sites is 2. The van der Waals surface area contributed by atoms with Crippen LogP contribution in [0.2, 0.25) is 0 Å². The predicted molar refractivity (Wildman–Crippen MR) is 126 cm³/mol. The zero-order valence-electron chi connectivity index (χ0n) is 19.4. The quantitative estimate of drug-likeness (QED) is 0.367. The molecule has 11 nitrogen and oxygen atoms in total. The number of nitrogens with two attached hydrogens (primary N) is 1. The van der Waals surface area contributed by atoms with E-state index in [4.69, 9.17) is 15.2 Å². The lowest BCUT2D eigenvalue weighted by molar-refractivity contribution is -0.151. The molecule has 0 spiro atoms. The minimum atomic E-state index is -1.12. The number of methoxy groups -OCH3 is 1. The first-order valence-electron chi connectivity index (χ1n) is 10.8. The molecule has 0 saturated carbocycles. The Kier molecular flexibility index (Phi) is 6.58. The van der Waals surface area contributed by atoms with Crippen molar-refractivity contribution >= 4 is 35.4 Å². The zero-order chi connectivity index (χ0) is 25.1. The molecule has 4 rings (SSSR count). The molecule has 2 aromatic carbocycles. The Morgan fingerprint density at radius 3 is 2.26 bits per heavy atom. The van der Waals surface area contributed by atoms with Gasteiger partial charge in [0.25, 0.3) is 11.8 Å². The SMILES string of the molecule is COc1ccccc1Nc1nc(N)nc(COC(=O)[C@H](C(C)C)N2C(=O)c3ccccc3C2=O)n1. The Hall–Kier alpha value is -4.54. The fraction of sp³-hybridized carbons (Fsp3) is 0.250. The van der Waals surface area contributed by atoms with Crippen molar-refractivity contribution in [2.75, 3.05) is 18.2 Å². The first kappa shape index (κ1) is 23.6. The van der Waals surface area contributed by atoms with Gasteiger partial charge in [0.1, 0.15) is 11.8 Å². The Balaban J connectivity index is 1.50. The van der Waals surface area contributed by atoms with Crippen molar-refractivity contribution in [2.24, 2.45) is 5.92 Å². The Morgan fingerprint density at radius 2 is 1.63 bits per heavy atom. The fourth-order valence-electron chi connectivity index (χ4n) is 3.78. The maximum Gasteiger partial charge on any atom is 0.330 e. The van der Waals surface area contributed by atoms with Crippen molar-refractivity contribution < 1.29 is 23.9 Å². The first-order valence-corrected chi connectivity index (χ1v) is 10.8. The number of carbonyl (C=O) groups excluding carboxylic acids is 3. The highest BCUT2D eigenvalue weighted by Gasteiger charge is 2.44. The lowest BCUT2D eigenvalue weighted by Crippen LogP contribution is -2.48. The Labute approximate surface area is 201 Å². The smallest absolute Gasteiger partial charge is 0.330 e. The fourth-order valence-corrected chi connectivity index (χ4v) is 3.78. The average Bonchev–Trinajstić information content (AvgIpc) is 3.08. The molecule has 0 unspecified atom stereocenters. The molecule has 3 N–H and O–H groups in total. The summed E-state index contributed by atoms with van der Waals surface area (Å²) in [5.74, 6) is -1.50. The highest BCUT2D eigenvalue weighted by atomic mass is 16.5. The molecular formula is C24H24N6O5. The number of hydrogen-bond acceptors (Lipinski definition) is 10. The minimum Gasteiger partial charge on any atom is -0.495 e. The van der Waals surface area contributed by atoms with Crippen molar-refractivity contribution in [3.8, 4) is 5.75 Å². The van der Waals surface area contributed by atoms with Crippen molar-refractivity contribution in [3.63, 3.8) is 0 Å². The number of hydrogen-bond donors (Lipinski definition) is 2. The molecule has 0 fully saturated rings. The van der Waals surface area contributed by atoms with E-state index in [-0.39, 0.29) is 35.5 Å². The molecule has 1 aliphatic rings. The van der Waals surface area contributed by atoms with Gasteiger partial charge in [-0.3, -0.25) is 14.5 Å². The minimum absolute atomic E-state index is 0.0794. The highest BCUT2D eigenvalue weighted by molar-refractivity contribution is 6.22. The molecule has 11 heteroatoms. The third-order valence-corrected chi connectivity index (χ3v) is 5.37. The van der Waals surface area contributed by atoms with Gasteiger partial charge in [-0.2, -0.15) is 15.0 Å². The van der Waals surface area contributed by atoms with Gasteiger partial charge >= 0.3 is 5.97 Å². The maximum atomic E-state index is 13.0. The summed E-state index contributed by atoms with van der Waals surface area (Å²) in [7, 11) is 1.53. The van der Waals surface area contributed by atoms with Gasteiger partial charge in [-0.15, -0.1) is 0 Å². The lowest BCUT2D eigenvalue weighted by atomic mass is 10.0. The second-order valence-corrected chi connectivity index (χ2v) is 8.08. The van der Waals surface area contributed by atoms with E-state index >= 15 is 0 Å². The lowest BCUT2D eigenvalue weighted by Gasteiger charge is -2.27. The summed E-state index contributed by atoms with van der Waals surface area (Å²) < 4.78 is 10.7. The van der Waals surface area contributed by atoms with Crippen LogP contribution < -0.4 is 15.8 Å². The van der Waals surface area contributed by atoms with E-state index in [1.165, 1.54) is 7.11 Å². The van der Waals surface area contributed by atoms with E-state index in [9.17, 15) is 14.4 Å². The standard InChI is InChI=1S/C24H24N6O5/c1-13(2)19(30-20(31)14-8-4-5-9-15(14)21(30)32)22(33)35-12-18-27-23(25)29-24(28-18)26-16-10-6-7-11-17(16)34-3/h4-11,13,19H,12H2,1-3H3,(H3,25,26,27,28,29)/t19-/m0/s1. The summed E-state index contributed by atoms with van der Waals surface area (Å²) >= 11 is 0. The number of anilines is 3. The van der Waals surface area contributed by atoms with Gasteiger partial charge in [0, 0.05) is 0 Å². The van der Waals surface area contributed by atoms with E-state index < -0.39 is 29.7 Å². The molecule has 0 bridgehead atoms. The van der Waals surface area contributed by atoms with Gasteiger partial charge in [0.05, 0.1) is 23.9 Å². The second kappa shape index (κ2) is 9.75. The molecule has 2 heterocycles. The number of benzene rings is 2. The number of nitrogens with zero attached hydrogens (tertiary/aromatic N) is 4. The van der Waals surface area contributed by atoms with E-state index in [1.54, 1.807) is 50.2 Å². The molecule has 1 aliphatic heterocycles. The Bertz CT molecular complexity index is 1260. The number of esters is 1. The third-order valence-electron chi connectivity index (χ3n) is 5.37. The van der Waals surface area contributed by atoms with E-state index in [0.29, 0.717) is 11.4 Å². The van der Waals surface area contributed by atoms with Crippen LogP contribution in [0.15, 0.2) is 48.5 Å². The summed E-state index contributed by atoms with van der Waals surface area (Å²) in [6.07, 6.45) is 0.